The number of amides is 1. The van der Waals surface area contributed by atoms with Crippen LogP contribution < -0.4 is 15.5 Å². The van der Waals surface area contributed by atoms with Crippen molar-refractivity contribution in [2.24, 2.45) is 0 Å². The molecule has 1 aromatic carbocycles. The van der Waals surface area contributed by atoms with E-state index in [0.29, 0.717) is 36.1 Å². The monoisotopic (exact) mass is 485 g/mol. The summed E-state index contributed by atoms with van der Waals surface area (Å²) in [6.07, 6.45) is 5.97. The highest BCUT2D eigenvalue weighted by Gasteiger charge is 2.13. The van der Waals surface area contributed by atoms with Gasteiger partial charge in [0.2, 0.25) is 5.95 Å². The van der Waals surface area contributed by atoms with Crippen molar-refractivity contribution in [3.05, 3.63) is 73.0 Å². The quantitative estimate of drug-likeness (QED) is 0.385. The summed E-state index contributed by atoms with van der Waals surface area (Å²) in [5.41, 5.74) is 3.34. The van der Waals surface area contributed by atoms with Gasteiger partial charge < -0.3 is 20.3 Å². The number of aromatic nitrogens is 4. The van der Waals surface area contributed by atoms with Crippen molar-refractivity contribution in [1.82, 2.24) is 19.9 Å². The minimum atomic E-state index is -0.571. The Morgan fingerprint density at radius 2 is 1.92 bits per heavy atom. The Morgan fingerprint density at radius 1 is 1.06 bits per heavy atom. The van der Waals surface area contributed by atoms with Gasteiger partial charge in [0, 0.05) is 48.2 Å². The van der Waals surface area contributed by atoms with E-state index in [1.807, 2.05) is 30.3 Å². The number of nitrogens with zero attached hydrogens (tertiary/aromatic N) is 5. The molecule has 1 saturated heterocycles. The van der Waals surface area contributed by atoms with Gasteiger partial charge in [-0.2, -0.15) is 0 Å². The molecular weight excluding hydrogens is 461 g/mol. The van der Waals surface area contributed by atoms with Gasteiger partial charge in [0.1, 0.15) is 11.6 Å². The van der Waals surface area contributed by atoms with Crippen molar-refractivity contribution in [2.75, 3.05) is 41.8 Å². The van der Waals surface area contributed by atoms with Crippen LogP contribution in [-0.2, 0) is 9.53 Å². The van der Waals surface area contributed by atoms with Gasteiger partial charge in [0.05, 0.1) is 36.3 Å². The molecule has 182 valence electrons. The molecular formula is C26H24FN7O2. The zero-order valence-electron chi connectivity index (χ0n) is 19.6. The van der Waals surface area contributed by atoms with Crippen molar-refractivity contribution in [3.63, 3.8) is 0 Å². The molecule has 2 N–H and O–H groups in total. The van der Waals surface area contributed by atoms with E-state index in [4.69, 9.17) is 9.72 Å². The fraction of sp³-hybridized carbons (Fsp3) is 0.192. The summed E-state index contributed by atoms with van der Waals surface area (Å²) in [6, 6.07) is 13.0. The SMILES string of the molecule is CC(F)=CC(=O)Nc1ccnc(-c2cccc3cnc(Nc4ccc(N5CCOCC5)nc4)nc23)c1. The number of rotatable bonds is 6. The van der Waals surface area contributed by atoms with Gasteiger partial charge in [-0.1, -0.05) is 18.2 Å². The lowest BCUT2D eigenvalue weighted by molar-refractivity contribution is -0.112. The van der Waals surface area contributed by atoms with Gasteiger partial charge in [0.15, 0.2) is 0 Å². The highest BCUT2D eigenvalue weighted by atomic mass is 19.1. The van der Waals surface area contributed by atoms with E-state index in [1.54, 1.807) is 30.7 Å². The number of halogens is 1. The number of ether oxygens (including phenoxy) is 1. The fourth-order valence-electron chi connectivity index (χ4n) is 3.91. The van der Waals surface area contributed by atoms with Crippen LogP contribution in [0.5, 0.6) is 0 Å². The van der Waals surface area contributed by atoms with Crippen molar-refractivity contribution < 1.29 is 13.9 Å². The minimum absolute atomic E-state index is 0.420. The Kier molecular flexibility index (Phi) is 6.76. The molecule has 10 heteroatoms. The van der Waals surface area contributed by atoms with Gasteiger partial charge in [-0.05, 0) is 31.2 Å². The summed E-state index contributed by atoms with van der Waals surface area (Å²) in [6.45, 7) is 4.26. The first-order valence-electron chi connectivity index (χ1n) is 11.5. The van der Waals surface area contributed by atoms with E-state index >= 15 is 0 Å². The number of allylic oxidation sites excluding steroid dienone is 1. The van der Waals surface area contributed by atoms with E-state index in [0.717, 1.165) is 41.6 Å². The number of para-hydroxylation sites is 1. The number of pyridine rings is 2. The standard InChI is InChI=1S/C26H24FN7O2/c1-17(27)13-24(35)31-19-7-8-28-22(14-19)21-4-2-3-18-15-30-26(33-25(18)21)32-20-5-6-23(29-16-20)34-9-11-36-12-10-34/h2-8,13-16H,9-12H2,1H3,(H,28,31,35)(H,30,32,33). The molecule has 0 radical (unpaired) electrons. The van der Waals surface area contributed by atoms with Crippen molar-refractivity contribution in [1.29, 1.82) is 0 Å². The molecule has 4 heterocycles. The van der Waals surface area contributed by atoms with E-state index in [2.05, 4.69) is 30.5 Å². The molecule has 1 aliphatic rings. The lowest BCUT2D eigenvalue weighted by atomic mass is 10.1. The average molecular weight is 486 g/mol. The number of fused-ring (bicyclic) bond motifs is 1. The van der Waals surface area contributed by atoms with E-state index in [9.17, 15) is 9.18 Å². The second kappa shape index (κ2) is 10.4. The number of benzene rings is 1. The Labute approximate surface area is 207 Å². The number of hydrogen-bond donors (Lipinski definition) is 2. The molecule has 0 aliphatic carbocycles. The van der Waals surface area contributed by atoms with Gasteiger partial charge in [0.25, 0.3) is 5.91 Å². The first kappa shape index (κ1) is 23.3. The number of hydrogen-bond acceptors (Lipinski definition) is 8. The van der Waals surface area contributed by atoms with Crippen LogP contribution in [0.2, 0.25) is 0 Å². The van der Waals surface area contributed by atoms with Gasteiger partial charge in [-0.3, -0.25) is 9.78 Å². The fourth-order valence-corrected chi connectivity index (χ4v) is 3.91. The Hall–Kier alpha value is -4.44. The smallest absolute Gasteiger partial charge is 0.250 e. The number of carbonyl (C=O) groups excluding carboxylic acids is 1. The van der Waals surface area contributed by atoms with Crippen LogP contribution in [0.4, 0.5) is 27.5 Å². The Balaban J connectivity index is 1.39. The van der Waals surface area contributed by atoms with Gasteiger partial charge in [-0.25, -0.2) is 19.3 Å². The molecule has 9 nitrogen and oxygen atoms in total. The van der Waals surface area contributed by atoms with Crippen LogP contribution in [0.25, 0.3) is 22.2 Å². The van der Waals surface area contributed by atoms with Gasteiger partial charge >= 0.3 is 0 Å². The predicted octanol–water partition coefficient (Wildman–Crippen LogP) is 4.48. The molecule has 0 spiro atoms. The average Bonchev–Trinajstić information content (AvgIpc) is 2.89. The molecule has 0 unspecified atom stereocenters. The topological polar surface area (TPSA) is 105 Å². The predicted molar refractivity (Wildman–Crippen MR) is 137 cm³/mol. The van der Waals surface area contributed by atoms with Crippen molar-refractivity contribution in [2.45, 2.75) is 6.92 Å². The van der Waals surface area contributed by atoms with Crippen LogP contribution in [0, 0.1) is 0 Å². The molecule has 36 heavy (non-hydrogen) atoms. The zero-order valence-corrected chi connectivity index (χ0v) is 19.6. The van der Waals surface area contributed by atoms with Gasteiger partial charge in [-0.15, -0.1) is 0 Å². The highest BCUT2D eigenvalue weighted by Crippen LogP contribution is 2.28. The summed E-state index contributed by atoms with van der Waals surface area (Å²) >= 11 is 0. The normalized spacial score (nSPS) is 14.1. The highest BCUT2D eigenvalue weighted by molar-refractivity contribution is 6.00. The van der Waals surface area contributed by atoms with Crippen molar-refractivity contribution >= 4 is 40.0 Å². The molecule has 1 aliphatic heterocycles. The third kappa shape index (κ3) is 5.44. The number of nitrogens with one attached hydrogen (secondary N) is 2. The maximum Gasteiger partial charge on any atom is 0.250 e. The van der Waals surface area contributed by atoms with Crippen LogP contribution in [-0.4, -0.2) is 52.1 Å². The second-order valence-corrected chi connectivity index (χ2v) is 8.22. The summed E-state index contributed by atoms with van der Waals surface area (Å²) in [4.78, 5) is 32.3. The molecule has 1 amide bonds. The van der Waals surface area contributed by atoms with Crippen LogP contribution >= 0.6 is 0 Å². The third-order valence-corrected chi connectivity index (χ3v) is 5.58. The lowest BCUT2D eigenvalue weighted by Crippen LogP contribution is -2.36. The van der Waals surface area contributed by atoms with E-state index < -0.39 is 11.7 Å². The molecule has 0 atom stereocenters. The summed E-state index contributed by atoms with van der Waals surface area (Å²) in [5, 5.41) is 6.70. The first-order chi connectivity index (χ1) is 17.5. The van der Waals surface area contributed by atoms with Crippen LogP contribution in [0.15, 0.2) is 73.0 Å². The number of carbonyl (C=O) groups is 1. The van der Waals surface area contributed by atoms with Crippen LogP contribution in [0.1, 0.15) is 6.92 Å². The summed E-state index contributed by atoms with van der Waals surface area (Å²) in [5.74, 6) is 0.204. The molecule has 4 aromatic rings. The molecule has 0 saturated carbocycles. The first-order valence-corrected chi connectivity index (χ1v) is 11.5. The zero-order chi connectivity index (χ0) is 24.9. The maximum absolute atomic E-state index is 13.0. The second-order valence-electron chi connectivity index (χ2n) is 8.22. The number of morpholine rings is 1. The summed E-state index contributed by atoms with van der Waals surface area (Å²) < 4.78 is 18.4. The minimum Gasteiger partial charge on any atom is -0.378 e. The molecule has 0 bridgehead atoms. The molecule has 1 fully saturated rings. The number of anilines is 4. The maximum atomic E-state index is 13.0. The van der Waals surface area contributed by atoms with E-state index in [-0.39, 0.29) is 0 Å². The molecule has 3 aromatic heterocycles. The third-order valence-electron chi connectivity index (χ3n) is 5.58. The largest absolute Gasteiger partial charge is 0.378 e. The Morgan fingerprint density at radius 3 is 2.69 bits per heavy atom. The van der Waals surface area contributed by atoms with Crippen LogP contribution in [0.3, 0.4) is 0 Å². The van der Waals surface area contributed by atoms with E-state index in [1.165, 1.54) is 6.92 Å². The molecule has 5 rings (SSSR count). The lowest BCUT2D eigenvalue weighted by Gasteiger charge is -2.27. The summed E-state index contributed by atoms with van der Waals surface area (Å²) in [7, 11) is 0. The Bertz CT molecular complexity index is 1420. The van der Waals surface area contributed by atoms with Crippen molar-refractivity contribution in [3.8, 4) is 11.3 Å².